The van der Waals surface area contributed by atoms with Crippen molar-refractivity contribution >= 4 is 11.6 Å². The number of rotatable bonds is 7. The number of benzene rings is 1. The predicted molar refractivity (Wildman–Crippen MR) is 72.7 cm³/mol. The topological polar surface area (TPSA) is 84.6 Å². The summed E-state index contributed by atoms with van der Waals surface area (Å²) in [5.74, 6) is 0.0462. The van der Waals surface area contributed by atoms with E-state index in [9.17, 15) is 4.79 Å². The molecule has 0 atom stereocenters. The minimum Gasteiger partial charge on any atom is -0.399 e. The monoisotopic (exact) mass is 264 g/mol. The van der Waals surface area contributed by atoms with Crippen molar-refractivity contribution in [2.75, 3.05) is 32.1 Å². The Hall–Kier alpha value is -1.59. The van der Waals surface area contributed by atoms with E-state index in [2.05, 4.69) is 5.32 Å². The average Bonchev–Trinajstić information content (AvgIpc) is 3.21. The van der Waals surface area contributed by atoms with Gasteiger partial charge in [-0.2, -0.15) is 0 Å². The summed E-state index contributed by atoms with van der Waals surface area (Å²) < 4.78 is 5.11. The summed E-state index contributed by atoms with van der Waals surface area (Å²) in [4.78, 5) is 12.2. The van der Waals surface area contributed by atoms with Crippen molar-refractivity contribution < 1.29 is 14.6 Å². The molecule has 4 N–H and O–H groups in total. The van der Waals surface area contributed by atoms with Crippen LogP contribution in [0.5, 0.6) is 0 Å². The van der Waals surface area contributed by atoms with E-state index in [0.717, 1.165) is 18.4 Å². The number of anilines is 1. The smallest absolute Gasteiger partial charge is 0.230 e. The fraction of sp³-hybridized carbons (Fsp3) is 0.500. The second kappa shape index (κ2) is 6.04. The maximum Gasteiger partial charge on any atom is 0.230 e. The Balaban J connectivity index is 1.86. The molecule has 0 spiro atoms. The molecule has 2 rings (SSSR count). The summed E-state index contributed by atoms with van der Waals surface area (Å²) in [6, 6.07) is 7.49. The number of carbonyl (C=O) groups excluding carboxylic acids is 1. The van der Waals surface area contributed by atoms with Gasteiger partial charge in [-0.05, 0) is 30.5 Å². The van der Waals surface area contributed by atoms with E-state index >= 15 is 0 Å². The Labute approximate surface area is 112 Å². The van der Waals surface area contributed by atoms with Crippen molar-refractivity contribution in [3.8, 4) is 0 Å². The fourth-order valence-electron chi connectivity index (χ4n) is 2.15. The highest BCUT2D eigenvalue weighted by Gasteiger charge is 2.50. The van der Waals surface area contributed by atoms with Crippen LogP contribution < -0.4 is 11.1 Å². The van der Waals surface area contributed by atoms with Crippen molar-refractivity contribution in [2.45, 2.75) is 18.3 Å². The molecule has 1 aromatic carbocycles. The lowest BCUT2D eigenvalue weighted by atomic mass is 9.95. The molecule has 1 aliphatic carbocycles. The first kappa shape index (κ1) is 13.8. The second-order valence-electron chi connectivity index (χ2n) is 4.80. The molecule has 0 aliphatic heterocycles. The summed E-state index contributed by atoms with van der Waals surface area (Å²) in [5, 5.41) is 11.4. The van der Waals surface area contributed by atoms with Crippen LogP contribution in [0.15, 0.2) is 24.3 Å². The van der Waals surface area contributed by atoms with E-state index < -0.39 is 0 Å². The van der Waals surface area contributed by atoms with Gasteiger partial charge >= 0.3 is 0 Å². The van der Waals surface area contributed by atoms with E-state index in [-0.39, 0.29) is 17.9 Å². The summed E-state index contributed by atoms with van der Waals surface area (Å²) in [6.45, 7) is 1.20. The lowest BCUT2D eigenvalue weighted by Gasteiger charge is -2.16. The number of hydrogen-bond acceptors (Lipinski definition) is 4. The van der Waals surface area contributed by atoms with Gasteiger partial charge in [0.05, 0.1) is 25.2 Å². The molecule has 0 saturated heterocycles. The zero-order chi connectivity index (χ0) is 13.7. The molecular weight excluding hydrogens is 244 g/mol. The van der Waals surface area contributed by atoms with Crippen LogP contribution in [-0.4, -0.2) is 37.4 Å². The highest BCUT2D eigenvalue weighted by Crippen LogP contribution is 2.48. The lowest BCUT2D eigenvalue weighted by molar-refractivity contribution is -0.123. The van der Waals surface area contributed by atoms with Gasteiger partial charge in [-0.1, -0.05) is 12.1 Å². The van der Waals surface area contributed by atoms with Crippen LogP contribution in [0.4, 0.5) is 5.69 Å². The molecule has 1 saturated carbocycles. The molecule has 1 amide bonds. The molecule has 5 nitrogen and oxygen atoms in total. The molecule has 19 heavy (non-hydrogen) atoms. The van der Waals surface area contributed by atoms with Crippen LogP contribution in [0, 0.1) is 0 Å². The third-order valence-corrected chi connectivity index (χ3v) is 3.42. The van der Waals surface area contributed by atoms with E-state index in [0.29, 0.717) is 25.4 Å². The first-order valence-corrected chi connectivity index (χ1v) is 6.52. The fourth-order valence-corrected chi connectivity index (χ4v) is 2.15. The third-order valence-electron chi connectivity index (χ3n) is 3.42. The number of aliphatic hydroxyl groups is 1. The number of hydrogen-bond donors (Lipinski definition) is 3. The van der Waals surface area contributed by atoms with Crippen LogP contribution in [0.2, 0.25) is 0 Å². The summed E-state index contributed by atoms with van der Waals surface area (Å²) >= 11 is 0. The maximum absolute atomic E-state index is 12.2. The summed E-state index contributed by atoms with van der Waals surface area (Å²) in [7, 11) is 0. The first-order chi connectivity index (χ1) is 9.19. The van der Waals surface area contributed by atoms with Gasteiger partial charge in [0.1, 0.15) is 0 Å². The van der Waals surface area contributed by atoms with Crippen LogP contribution in [-0.2, 0) is 14.9 Å². The van der Waals surface area contributed by atoms with Gasteiger partial charge in [-0.3, -0.25) is 4.79 Å². The molecule has 104 valence electrons. The average molecular weight is 264 g/mol. The number of carbonyl (C=O) groups is 1. The minimum atomic E-state index is -0.370. The quantitative estimate of drug-likeness (QED) is 0.492. The molecular formula is C14H20N2O3. The highest BCUT2D eigenvalue weighted by atomic mass is 16.5. The van der Waals surface area contributed by atoms with E-state index in [1.54, 1.807) is 0 Å². The molecule has 0 unspecified atom stereocenters. The van der Waals surface area contributed by atoms with Gasteiger partial charge in [0.25, 0.3) is 0 Å². The highest BCUT2D eigenvalue weighted by molar-refractivity contribution is 5.91. The van der Waals surface area contributed by atoms with Crippen molar-refractivity contribution in [1.82, 2.24) is 5.32 Å². The van der Waals surface area contributed by atoms with E-state index in [1.165, 1.54) is 0 Å². The number of ether oxygens (including phenoxy) is 1. The molecule has 0 heterocycles. The van der Waals surface area contributed by atoms with Crippen LogP contribution >= 0.6 is 0 Å². The summed E-state index contributed by atoms with van der Waals surface area (Å²) in [5.41, 5.74) is 7.01. The normalized spacial score (nSPS) is 16.1. The molecule has 1 fully saturated rings. The van der Waals surface area contributed by atoms with Gasteiger partial charge < -0.3 is 20.9 Å². The van der Waals surface area contributed by atoms with Crippen molar-refractivity contribution in [3.05, 3.63) is 29.8 Å². The number of nitrogen functional groups attached to an aromatic ring is 1. The second-order valence-corrected chi connectivity index (χ2v) is 4.80. The lowest BCUT2D eigenvalue weighted by Crippen LogP contribution is -2.36. The van der Waals surface area contributed by atoms with Crippen molar-refractivity contribution in [3.63, 3.8) is 0 Å². The maximum atomic E-state index is 12.2. The first-order valence-electron chi connectivity index (χ1n) is 6.52. The van der Waals surface area contributed by atoms with Crippen LogP contribution in [0.3, 0.4) is 0 Å². The molecule has 0 bridgehead atoms. The van der Waals surface area contributed by atoms with Crippen molar-refractivity contribution in [2.24, 2.45) is 0 Å². The standard InChI is InChI=1S/C14H20N2O3/c15-12-3-1-11(2-4-12)14(5-6-14)13(18)16-7-9-19-10-8-17/h1-4,17H,5-10,15H2,(H,16,18). The SMILES string of the molecule is Nc1ccc(C2(C(=O)NCCOCCO)CC2)cc1. The molecule has 1 aliphatic rings. The van der Waals surface area contributed by atoms with Gasteiger partial charge in [0.2, 0.25) is 5.91 Å². The number of nitrogens with two attached hydrogens (primary N) is 1. The van der Waals surface area contributed by atoms with Gasteiger partial charge in [-0.15, -0.1) is 0 Å². The Morgan fingerprint density at radius 3 is 2.58 bits per heavy atom. The zero-order valence-electron chi connectivity index (χ0n) is 10.9. The Bertz CT molecular complexity index is 427. The van der Waals surface area contributed by atoms with Gasteiger partial charge in [0, 0.05) is 12.2 Å². The molecule has 1 aromatic rings. The Kier molecular flexibility index (Phi) is 4.39. The predicted octanol–water partition coefficient (Wildman–Crippen LogP) is 0.425. The zero-order valence-corrected chi connectivity index (χ0v) is 10.9. The Morgan fingerprint density at radius 1 is 1.32 bits per heavy atom. The van der Waals surface area contributed by atoms with Gasteiger partial charge in [-0.25, -0.2) is 0 Å². The number of amides is 1. The Morgan fingerprint density at radius 2 is 2.00 bits per heavy atom. The van der Waals surface area contributed by atoms with Crippen molar-refractivity contribution in [1.29, 1.82) is 0 Å². The number of nitrogens with one attached hydrogen (secondary N) is 1. The minimum absolute atomic E-state index is 0.00330. The van der Waals surface area contributed by atoms with Gasteiger partial charge in [0.15, 0.2) is 0 Å². The summed E-state index contributed by atoms with van der Waals surface area (Å²) in [6.07, 6.45) is 1.75. The molecule has 0 radical (unpaired) electrons. The van der Waals surface area contributed by atoms with E-state index in [1.807, 2.05) is 24.3 Å². The largest absolute Gasteiger partial charge is 0.399 e. The number of aliphatic hydroxyl groups excluding tert-OH is 1. The third kappa shape index (κ3) is 3.24. The van der Waals surface area contributed by atoms with Crippen LogP contribution in [0.25, 0.3) is 0 Å². The van der Waals surface area contributed by atoms with Crippen LogP contribution in [0.1, 0.15) is 18.4 Å². The van der Waals surface area contributed by atoms with E-state index in [4.69, 9.17) is 15.6 Å². The molecule has 5 heteroatoms. The molecule has 0 aromatic heterocycles.